The van der Waals surface area contributed by atoms with Crippen molar-refractivity contribution in [2.24, 2.45) is 0 Å². The highest BCUT2D eigenvalue weighted by Crippen LogP contribution is 2.27. The fourth-order valence-electron chi connectivity index (χ4n) is 2.51. The Morgan fingerprint density at radius 2 is 2.11 bits per heavy atom. The number of anilines is 1. The van der Waals surface area contributed by atoms with Crippen LogP contribution in [0.1, 0.15) is 32.3 Å². The normalized spacial score (nSPS) is 16.6. The third-order valence-corrected chi connectivity index (χ3v) is 3.53. The van der Waals surface area contributed by atoms with Gasteiger partial charge in [-0.25, -0.2) is 0 Å². The van der Waals surface area contributed by atoms with Gasteiger partial charge in [0.15, 0.2) is 0 Å². The van der Waals surface area contributed by atoms with Crippen LogP contribution in [0.4, 0.5) is 5.69 Å². The second kappa shape index (κ2) is 6.01. The molecule has 0 aromatic heterocycles. The molecule has 1 aliphatic rings. The first-order valence-corrected chi connectivity index (χ1v) is 6.84. The third-order valence-electron chi connectivity index (χ3n) is 3.53. The summed E-state index contributed by atoms with van der Waals surface area (Å²) in [4.78, 5) is 14.0. The summed E-state index contributed by atoms with van der Waals surface area (Å²) in [6.07, 6.45) is 2.52. The quantitative estimate of drug-likeness (QED) is 0.865. The molecule has 1 unspecified atom stereocenters. The third kappa shape index (κ3) is 2.91. The minimum atomic E-state index is 0.261. The molecule has 1 amide bonds. The van der Waals surface area contributed by atoms with Gasteiger partial charge in [0, 0.05) is 24.7 Å². The van der Waals surface area contributed by atoms with Gasteiger partial charge in [0.1, 0.15) is 0 Å². The van der Waals surface area contributed by atoms with Crippen LogP contribution >= 0.6 is 0 Å². The number of amides is 1. The van der Waals surface area contributed by atoms with Gasteiger partial charge in [-0.2, -0.15) is 0 Å². The van der Waals surface area contributed by atoms with Crippen LogP contribution in [-0.2, 0) is 11.2 Å². The highest BCUT2D eigenvalue weighted by atomic mass is 16.2. The SMILES string of the molecule is CCNC(C)CCN1C(=O)CCc2ccccc21. The standard InChI is InChI=1S/C15H22N2O/c1-3-16-12(2)10-11-17-14-7-5-4-6-13(14)8-9-15(17)18/h4-7,12,16H,3,8-11H2,1-2H3. The zero-order valence-electron chi connectivity index (χ0n) is 11.3. The molecule has 0 radical (unpaired) electrons. The Balaban J connectivity index is 2.05. The molecule has 0 saturated carbocycles. The number of para-hydroxylation sites is 1. The average molecular weight is 246 g/mol. The fraction of sp³-hybridized carbons (Fsp3) is 0.533. The number of nitrogens with one attached hydrogen (secondary N) is 1. The molecule has 1 heterocycles. The summed E-state index contributed by atoms with van der Waals surface area (Å²) >= 11 is 0. The summed E-state index contributed by atoms with van der Waals surface area (Å²) in [7, 11) is 0. The molecule has 3 heteroatoms. The lowest BCUT2D eigenvalue weighted by Gasteiger charge is -2.30. The van der Waals surface area contributed by atoms with Gasteiger partial charge in [-0.3, -0.25) is 4.79 Å². The number of hydrogen-bond donors (Lipinski definition) is 1. The van der Waals surface area contributed by atoms with E-state index in [9.17, 15) is 4.79 Å². The van der Waals surface area contributed by atoms with Crippen molar-refractivity contribution in [2.45, 2.75) is 39.2 Å². The molecule has 0 spiro atoms. The van der Waals surface area contributed by atoms with Crippen molar-refractivity contribution in [1.29, 1.82) is 0 Å². The molecule has 98 valence electrons. The first kappa shape index (κ1) is 13.1. The van der Waals surface area contributed by atoms with Crippen LogP contribution in [0.25, 0.3) is 0 Å². The Morgan fingerprint density at radius 3 is 2.89 bits per heavy atom. The van der Waals surface area contributed by atoms with Gasteiger partial charge < -0.3 is 10.2 Å². The summed E-state index contributed by atoms with van der Waals surface area (Å²) in [6, 6.07) is 8.70. The number of carbonyl (C=O) groups excluding carboxylic acids is 1. The number of rotatable bonds is 5. The Hall–Kier alpha value is -1.35. The Labute approximate surface area is 109 Å². The van der Waals surface area contributed by atoms with E-state index in [1.807, 2.05) is 17.0 Å². The van der Waals surface area contributed by atoms with Crippen molar-refractivity contribution in [3.63, 3.8) is 0 Å². The Morgan fingerprint density at radius 1 is 1.33 bits per heavy atom. The lowest BCUT2D eigenvalue weighted by Crippen LogP contribution is -2.38. The van der Waals surface area contributed by atoms with Crippen LogP contribution in [0.2, 0.25) is 0 Å². The van der Waals surface area contributed by atoms with Crippen molar-refractivity contribution in [1.82, 2.24) is 5.32 Å². The first-order chi connectivity index (χ1) is 8.72. The second-order valence-corrected chi connectivity index (χ2v) is 4.92. The van der Waals surface area contributed by atoms with Gasteiger partial charge in [-0.1, -0.05) is 25.1 Å². The molecule has 1 aromatic carbocycles. The van der Waals surface area contributed by atoms with E-state index in [2.05, 4.69) is 31.3 Å². The molecule has 0 bridgehead atoms. The fourth-order valence-corrected chi connectivity index (χ4v) is 2.51. The van der Waals surface area contributed by atoms with E-state index >= 15 is 0 Å². The molecular formula is C15H22N2O. The van der Waals surface area contributed by atoms with Gasteiger partial charge in [0.25, 0.3) is 0 Å². The predicted octanol–water partition coefficient (Wildman–Crippen LogP) is 2.35. The topological polar surface area (TPSA) is 32.3 Å². The van der Waals surface area contributed by atoms with Crippen molar-refractivity contribution >= 4 is 11.6 Å². The number of hydrogen-bond acceptors (Lipinski definition) is 2. The molecule has 0 aliphatic carbocycles. The van der Waals surface area contributed by atoms with E-state index in [-0.39, 0.29) is 5.91 Å². The van der Waals surface area contributed by atoms with Gasteiger partial charge in [0.2, 0.25) is 5.91 Å². The van der Waals surface area contributed by atoms with Crippen molar-refractivity contribution in [2.75, 3.05) is 18.0 Å². The van der Waals surface area contributed by atoms with Crippen molar-refractivity contribution in [3.05, 3.63) is 29.8 Å². The molecular weight excluding hydrogens is 224 g/mol. The number of nitrogens with zero attached hydrogens (tertiary/aromatic N) is 1. The Bertz CT molecular complexity index is 417. The van der Waals surface area contributed by atoms with Crippen LogP contribution in [0.3, 0.4) is 0 Å². The molecule has 1 N–H and O–H groups in total. The van der Waals surface area contributed by atoms with E-state index in [1.165, 1.54) is 5.56 Å². The van der Waals surface area contributed by atoms with Crippen molar-refractivity contribution < 1.29 is 4.79 Å². The average Bonchev–Trinajstić information content (AvgIpc) is 2.38. The molecule has 1 aliphatic heterocycles. The van der Waals surface area contributed by atoms with Crippen LogP contribution in [0.5, 0.6) is 0 Å². The Kier molecular flexibility index (Phi) is 4.37. The van der Waals surface area contributed by atoms with E-state index in [0.717, 1.165) is 31.6 Å². The zero-order valence-corrected chi connectivity index (χ0v) is 11.3. The lowest BCUT2D eigenvalue weighted by molar-refractivity contribution is -0.118. The van der Waals surface area contributed by atoms with Gasteiger partial charge in [-0.15, -0.1) is 0 Å². The predicted molar refractivity (Wildman–Crippen MR) is 74.9 cm³/mol. The maximum Gasteiger partial charge on any atom is 0.227 e. The molecule has 3 nitrogen and oxygen atoms in total. The second-order valence-electron chi connectivity index (χ2n) is 4.92. The number of aryl methyl sites for hydroxylation is 1. The number of fused-ring (bicyclic) bond motifs is 1. The maximum absolute atomic E-state index is 12.0. The number of benzene rings is 1. The van der Waals surface area contributed by atoms with E-state index in [1.54, 1.807) is 0 Å². The van der Waals surface area contributed by atoms with E-state index < -0.39 is 0 Å². The van der Waals surface area contributed by atoms with Gasteiger partial charge in [-0.05, 0) is 37.9 Å². The molecule has 0 fully saturated rings. The van der Waals surface area contributed by atoms with Crippen LogP contribution in [0, 0.1) is 0 Å². The molecule has 0 saturated heterocycles. The minimum absolute atomic E-state index is 0.261. The molecule has 2 rings (SSSR count). The summed E-state index contributed by atoms with van der Waals surface area (Å²) < 4.78 is 0. The summed E-state index contributed by atoms with van der Waals surface area (Å²) in [5.41, 5.74) is 2.41. The van der Waals surface area contributed by atoms with E-state index in [4.69, 9.17) is 0 Å². The number of carbonyl (C=O) groups is 1. The summed E-state index contributed by atoms with van der Waals surface area (Å²) in [5.74, 6) is 0.261. The minimum Gasteiger partial charge on any atom is -0.314 e. The molecule has 1 atom stereocenters. The van der Waals surface area contributed by atoms with Crippen LogP contribution in [0.15, 0.2) is 24.3 Å². The lowest BCUT2D eigenvalue weighted by atomic mass is 10.0. The van der Waals surface area contributed by atoms with Crippen LogP contribution in [-0.4, -0.2) is 25.0 Å². The van der Waals surface area contributed by atoms with Crippen molar-refractivity contribution in [3.8, 4) is 0 Å². The van der Waals surface area contributed by atoms with Crippen LogP contribution < -0.4 is 10.2 Å². The summed E-state index contributed by atoms with van der Waals surface area (Å²) in [6.45, 7) is 6.07. The smallest absolute Gasteiger partial charge is 0.227 e. The first-order valence-electron chi connectivity index (χ1n) is 6.84. The molecule has 1 aromatic rings. The highest BCUT2D eigenvalue weighted by Gasteiger charge is 2.23. The van der Waals surface area contributed by atoms with Gasteiger partial charge >= 0.3 is 0 Å². The zero-order chi connectivity index (χ0) is 13.0. The van der Waals surface area contributed by atoms with Gasteiger partial charge in [0.05, 0.1) is 0 Å². The molecule has 18 heavy (non-hydrogen) atoms. The highest BCUT2D eigenvalue weighted by molar-refractivity contribution is 5.96. The largest absolute Gasteiger partial charge is 0.314 e. The maximum atomic E-state index is 12.0. The monoisotopic (exact) mass is 246 g/mol. The summed E-state index contributed by atoms with van der Waals surface area (Å²) in [5, 5.41) is 3.39. The van der Waals surface area contributed by atoms with E-state index in [0.29, 0.717) is 12.5 Å².